The number of nitrogens with zero attached hydrogens (tertiary/aromatic N) is 1. The average Bonchev–Trinajstić information content (AvgIpc) is 2.90. The first-order valence-corrected chi connectivity index (χ1v) is 6.30. The van der Waals surface area contributed by atoms with Crippen molar-refractivity contribution in [2.75, 3.05) is 12.4 Å². The highest BCUT2D eigenvalue weighted by atomic mass is 32.2. The second-order valence-electron chi connectivity index (χ2n) is 3.86. The normalized spacial score (nSPS) is 14.5. The number of hydrogen-bond donors (Lipinski definition) is 3. The summed E-state index contributed by atoms with van der Waals surface area (Å²) in [5.74, 6) is 0.570. The minimum atomic E-state index is -0.737. The van der Waals surface area contributed by atoms with Gasteiger partial charge in [-0.2, -0.15) is 0 Å². The van der Waals surface area contributed by atoms with Crippen molar-refractivity contribution in [3.8, 4) is 0 Å². The quantitative estimate of drug-likeness (QED) is 0.699. The Morgan fingerprint density at radius 1 is 1.35 bits per heavy atom. The lowest BCUT2D eigenvalue weighted by Crippen LogP contribution is -2.43. The number of hydrogen-bond acceptors (Lipinski definition) is 4. The Balaban J connectivity index is 2.09. The molecule has 1 unspecified atom stereocenters. The Hall–Kier alpha value is -1.30. The van der Waals surface area contributed by atoms with E-state index in [-0.39, 0.29) is 6.61 Å². The molecule has 0 aliphatic heterocycles. The first kappa shape index (κ1) is 12.2. The highest BCUT2D eigenvalue weighted by Gasteiger charge is 2.26. The van der Waals surface area contributed by atoms with Crippen LogP contribution in [0.4, 0.5) is 0 Å². The van der Waals surface area contributed by atoms with Crippen molar-refractivity contribution in [3.05, 3.63) is 48.3 Å². The minimum Gasteiger partial charge on any atom is -0.394 e. The van der Waals surface area contributed by atoms with Gasteiger partial charge in [0, 0.05) is 18.1 Å². The summed E-state index contributed by atoms with van der Waals surface area (Å²) in [5.41, 5.74) is 6.42. The van der Waals surface area contributed by atoms with Crippen molar-refractivity contribution in [2.45, 2.75) is 10.7 Å². The fourth-order valence-corrected chi connectivity index (χ4v) is 2.46. The summed E-state index contributed by atoms with van der Waals surface area (Å²) in [6.07, 6.45) is 3.46. The summed E-state index contributed by atoms with van der Waals surface area (Å²) in [6.45, 7) is -0.0925. The van der Waals surface area contributed by atoms with Crippen LogP contribution in [0.1, 0.15) is 5.56 Å². The van der Waals surface area contributed by atoms with Crippen molar-refractivity contribution in [1.29, 1.82) is 0 Å². The standard InChI is InChI=1S/C12H15N3OS/c13-12(8-16,10-4-2-1-3-5-10)9-17-11-14-6-7-15-11/h1-7,16H,8-9,13H2,(H,14,15). The highest BCUT2D eigenvalue weighted by molar-refractivity contribution is 7.99. The van der Waals surface area contributed by atoms with Gasteiger partial charge in [-0.3, -0.25) is 0 Å². The first-order valence-electron chi connectivity index (χ1n) is 5.32. The number of nitrogens with one attached hydrogen (secondary N) is 1. The Kier molecular flexibility index (Phi) is 3.83. The molecule has 17 heavy (non-hydrogen) atoms. The third-order valence-corrected chi connectivity index (χ3v) is 3.73. The number of thioether (sulfide) groups is 1. The van der Waals surface area contributed by atoms with Gasteiger partial charge < -0.3 is 15.8 Å². The van der Waals surface area contributed by atoms with Gasteiger partial charge in [0.2, 0.25) is 0 Å². The average molecular weight is 249 g/mol. The summed E-state index contributed by atoms with van der Waals surface area (Å²) >= 11 is 1.50. The molecular weight excluding hydrogens is 234 g/mol. The van der Waals surface area contributed by atoms with Gasteiger partial charge in [-0.15, -0.1) is 0 Å². The van der Waals surface area contributed by atoms with Crippen LogP contribution in [0.3, 0.4) is 0 Å². The van der Waals surface area contributed by atoms with Crippen LogP contribution < -0.4 is 5.73 Å². The summed E-state index contributed by atoms with van der Waals surface area (Å²) < 4.78 is 0. The number of imidazole rings is 1. The Morgan fingerprint density at radius 3 is 2.71 bits per heavy atom. The van der Waals surface area contributed by atoms with Crippen LogP contribution in [0.15, 0.2) is 47.9 Å². The predicted molar refractivity (Wildman–Crippen MR) is 68.7 cm³/mol. The third-order valence-electron chi connectivity index (χ3n) is 2.57. The lowest BCUT2D eigenvalue weighted by Gasteiger charge is -2.26. The minimum absolute atomic E-state index is 0.0925. The predicted octanol–water partition coefficient (Wildman–Crippen LogP) is 1.35. The Bertz CT molecular complexity index is 446. The van der Waals surface area contributed by atoms with Crippen LogP contribution in [-0.2, 0) is 5.54 Å². The van der Waals surface area contributed by atoms with E-state index in [9.17, 15) is 5.11 Å². The van der Waals surface area contributed by atoms with Crippen LogP contribution in [0, 0.1) is 0 Å². The molecule has 0 spiro atoms. The van der Waals surface area contributed by atoms with Crippen molar-refractivity contribution in [3.63, 3.8) is 0 Å². The number of aliphatic hydroxyl groups is 1. The van der Waals surface area contributed by atoms with Crippen LogP contribution in [0.25, 0.3) is 0 Å². The molecule has 0 amide bonds. The van der Waals surface area contributed by atoms with E-state index in [1.807, 2.05) is 30.3 Å². The topological polar surface area (TPSA) is 74.9 Å². The zero-order valence-electron chi connectivity index (χ0n) is 9.34. The van der Waals surface area contributed by atoms with E-state index in [1.165, 1.54) is 11.8 Å². The lowest BCUT2D eigenvalue weighted by molar-refractivity contribution is 0.213. The zero-order chi connectivity index (χ0) is 12.1. The second-order valence-corrected chi connectivity index (χ2v) is 4.83. The fraction of sp³-hybridized carbons (Fsp3) is 0.250. The smallest absolute Gasteiger partial charge is 0.165 e. The molecule has 2 rings (SSSR count). The number of aromatic nitrogens is 2. The largest absolute Gasteiger partial charge is 0.394 e. The van der Waals surface area contributed by atoms with Gasteiger partial charge in [0.05, 0.1) is 12.1 Å². The summed E-state index contributed by atoms with van der Waals surface area (Å²) in [5, 5.41) is 10.3. The van der Waals surface area contributed by atoms with Gasteiger partial charge in [0.25, 0.3) is 0 Å². The van der Waals surface area contributed by atoms with E-state index in [1.54, 1.807) is 12.4 Å². The Labute approximate surface area is 104 Å². The molecule has 0 saturated carbocycles. The van der Waals surface area contributed by atoms with E-state index in [0.717, 1.165) is 10.7 Å². The van der Waals surface area contributed by atoms with E-state index in [2.05, 4.69) is 9.97 Å². The molecule has 1 aromatic heterocycles. The molecule has 0 fully saturated rings. The molecule has 1 heterocycles. The lowest BCUT2D eigenvalue weighted by atomic mass is 9.94. The van der Waals surface area contributed by atoms with Crippen molar-refractivity contribution >= 4 is 11.8 Å². The van der Waals surface area contributed by atoms with Gasteiger partial charge in [-0.25, -0.2) is 4.98 Å². The molecule has 1 aromatic carbocycles. The summed E-state index contributed by atoms with van der Waals surface area (Å²) in [6, 6.07) is 9.63. The molecule has 90 valence electrons. The molecule has 5 heteroatoms. The maximum absolute atomic E-state index is 9.50. The van der Waals surface area contributed by atoms with Crippen LogP contribution in [0.2, 0.25) is 0 Å². The van der Waals surface area contributed by atoms with Crippen LogP contribution in [0.5, 0.6) is 0 Å². The van der Waals surface area contributed by atoms with Crippen molar-refractivity contribution in [2.24, 2.45) is 5.73 Å². The Morgan fingerprint density at radius 2 is 2.12 bits per heavy atom. The van der Waals surface area contributed by atoms with E-state index in [4.69, 9.17) is 5.73 Å². The molecular formula is C12H15N3OS. The van der Waals surface area contributed by atoms with E-state index >= 15 is 0 Å². The maximum Gasteiger partial charge on any atom is 0.165 e. The van der Waals surface area contributed by atoms with Crippen LogP contribution >= 0.6 is 11.8 Å². The molecule has 2 aromatic rings. The molecule has 4 nitrogen and oxygen atoms in total. The number of benzene rings is 1. The molecule has 0 aliphatic rings. The van der Waals surface area contributed by atoms with Gasteiger partial charge in [0.15, 0.2) is 5.16 Å². The maximum atomic E-state index is 9.50. The summed E-state index contributed by atoms with van der Waals surface area (Å²) in [7, 11) is 0. The molecule has 1 atom stereocenters. The van der Waals surface area contributed by atoms with Gasteiger partial charge in [-0.05, 0) is 5.56 Å². The molecule has 0 bridgehead atoms. The third kappa shape index (κ3) is 2.88. The molecule has 0 aliphatic carbocycles. The number of nitrogens with two attached hydrogens (primary N) is 1. The number of aliphatic hydroxyl groups excluding tert-OH is 1. The fourth-order valence-electron chi connectivity index (χ4n) is 1.52. The van der Waals surface area contributed by atoms with E-state index in [0.29, 0.717) is 5.75 Å². The number of rotatable bonds is 5. The van der Waals surface area contributed by atoms with Gasteiger partial charge in [-0.1, -0.05) is 42.1 Å². The van der Waals surface area contributed by atoms with E-state index < -0.39 is 5.54 Å². The number of H-pyrrole nitrogens is 1. The number of aromatic amines is 1. The van der Waals surface area contributed by atoms with Gasteiger partial charge in [0.1, 0.15) is 0 Å². The first-order chi connectivity index (χ1) is 8.24. The van der Waals surface area contributed by atoms with Crippen molar-refractivity contribution in [1.82, 2.24) is 9.97 Å². The zero-order valence-corrected chi connectivity index (χ0v) is 10.2. The second kappa shape index (κ2) is 5.35. The van der Waals surface area contributed by atoms with Crippen molar-refractivity contribution < 1.29 is 5.11 Å². The monoisotopic (exact) mass is 249 g/mol. The molecule has 0 saturated heterocycles. The SMILES string of the molecule is NC(CO)(CSc1ncc[nH]1)c1ccccc1. The highest BCUT2D eigenvalue weighted by Crippen LogP contribution is 2.25. The molecule has 0 radical (unpaired) electrons. The van der Waals surface area contributed by atoms with Gasteiger partial charge >= 0.3 is 0 Å². The summed E-state index contributed by atoms with van der Waals surface area (Å²) in [4.78, 5) is 7.12. The molecule has 4 N–H and O–H groups in total. The van der Waals surface area contributed by atoms with Crippen LogP contribution in [-0.4, -0.2) is 27.4 Å².